The summed E-state index contributed by atoms with van der Waals surface area (Å²) in [5.74, 6) is -8.56. The van der Waals surface area contributed by atoms with Crippen LogP contribution in [-0.4, -0.2) is 5.91 Å². The third-order valence-electron chi connectivity index (χ3n) is 2.80. The maximum absolute atomic E-state index is 13.5. The van der Waals surface area contributed by atoms with Gasteiger partial charge in [-0.25, -0.2) is 17.6 Å². The molecule has 0 aliphatic rings. The van der Waals surface area contributed by atoms with E-state index in [1.807, 2.05) is 0 Å². The van der Waals surface area contributed by atoms with Gasteiger partial charge in [0.05, 0.1) is 5.56 Å². The Hall–Kier alpha value is -1.79. The fraction of sp³-hybridized carbons (Fsp3) is 0.0714. The highest BCUT2D eigenvalue weighted by Crippen LogP contribution is 2.22. The van der Waals surface area contributed by atoms with Gasteiger partial charge >= 0.3 is 0 Å². The third kappa shape index (κ3) is 3.34. The van der Waals surface area contributed by atoms with Crippen molar-refractivity contribution in [3.8, 4) is 0 Å². The molecule has 1 amide bonds. The highest BCUT2D eigenvalue weighted by atomic mass is 35.5. The maximum atomic E-state index is 13.5. The van der Waals surface area contributed by atoms with E-state index in [0.717, 1.165) is 0 Å². The molecule has 0 bridgehead atoms. The predicted octanol–water partition coefficient (Wildman–Crippen LogP) is 4.48. The second-order valence-electron chi connectivity index (χ2n) is 4.27. The molecule has 0 saturated carbocycles. The third-order valence-corrected chi connectivity index (χ3v) is 3.39. The molecule has 0 saturated heterocycles. The van der Waals surface area contributed by atoms with Gasteiger partial charge in [0.15, 0.2) is 23.3 Å². The SMILES string of the molecule is O=C(NCc1ccc(Cl)cc1Cl)c1cc(F)c(F)c(F)c1F. The van der Waals surface area contributed by atoms with Gasteiger partial charge in [-0.1, -0.05) is 29.3 Å². The molecule has 2 aromatic rings. The van der Waals surface area contributed by atoms with Crippen molar-refractivity contribution in [1.82, 2.24) is 5.32 Å². The molecule has 0 fully saturated rings. The molecular weight excluding hydrogens is 345 g/mol. The summed E-state index contributed by atoms with van der Waals surface area (Å²) < 4.78 is 52.4. The van der Waals surface area contributed by atoms with Gasteiger partial charge in [-0.05, 0) is 23.8 Å². The van der Waals surface area contributed by atoms with Crippen LogP contribution in [0.2, 0.25) is 10.0 Å². The molecule has 0 heterocycles. The molecule has 0 aliphatic heterocycles. The highest BCUT2D eigenvalue weighted by molar-refractivity contribution is 6.35. The van der Waals surface area contributed by atoms with Crippen molar-refractivity contribution in [3.05, 3.63) is 68.7 Å². The molecule has 8 heteroatoms. The molecule has 2 aromatic carbocycles. The summed E-state index contributed by atoms with van der Waals surface area (Å²) in [5.41, 5.74) is -0.482. The van der Waals surface area contributed by atoms with E-state index in [1.54, 1.807) is 0 Å². The fourth-order valence-electron chi connectivity index (χ4n) is 1.67. The molecule has 2 nitrogen and oxygen atoms in total. The van der Waals surface area contributed by atoms with Gasteiger partial charge in [-0.15, -0.1) is 0 Å². The molecule has 0 unspecified atom stereocenters. The molecule has 2 rings (SSSR count). The van der Waals surface area contributed by atoms with Crippen molar-refractivity contribution in [2.75, 3.05) is 0 Å². The van der Waals surface area contributed by atoms with Crippen LogP contribution in [-0.2, 0) is 6.54 Å². The van der Waals surface area contributed by atoms with Crippen molar-refractivity contribution >= 4 is 29.1 Å². The van der Waals surface area contributed by atoms with Crippen LogP contribution in [0.25, 0.3) is 0 Å². The lowest BCUT2D eigenvalue weighted by Gasteiger charge is -2.09. The second-order valence-corrected chi connectivity index (χ2v) is 5.11. The van der Waals surface area contributed by atoms with Crippen LogP contribution in [0.15, 0.2) is 24.3 Å². The Morgan fingerprint density at radius 1 is 1.00 bits per heavy atom. The van der Waals surface area contributed by atoms with Crippen molar-refractivity contribution in [2.24, 2.45) is 0 Å². The number of nitrogens with one attached hydrogen (secondary N) is 1. The van der Waals surface area contributed by atoms with Crippen LogP contribution >= 0.6 is 23.2 Å². The number of rotatable bonds is 3. The van der Waals surface area contributed by atoms with Crippen LogP contribution in [0.3, 0.4) is 0 Å². The molecule has 1 N–H and O–H groups in total. The van der Waals surface area contributed by atoms with E-state index >= 15 is 0 Å². The zero-order valence-electron chi connectivity index (χ0n) is 10.7. The Morgan fingerprint density at radius 2 is 1.68 bits per heavy atom. The second kappa shape index (κ2) is 6.54. The Labute approximate surface area is 132 Å². The Morgan fingerprint density at radius 3 is 2.32 bits per heavy atom. The molecular formula is C14H7Cl2F4NO. The smallest absolute Gasteiger partial charge is 0.254 e. The Kier molecular flexibility index (Phi) is 4.93. The van der Waals surface area contributed by atoms with Crippen molar-refractivity contribution in [3.63, 3.8) is 0 Å². The highest BCUT2D eigenvalue weighted by Gasteiger charge is 2.22. The first-order valence-corrected chi connectivity index (χ1v) is 6.62. The standard InChI is InChI=1S/C14H7Cl2F4NO/c15-7-2-1-6(9(16)3-7)5-21-14(22)8-4-10(17)12(19)13(20)11(8)18/h1-4H,5H2,(H,21,22). The van der Waals surface area contributed by atoms with Gasteiger partial charge in [-0.3, -0.25) is 4.79 Å². The van der Waals surface area contributed by atoms with E-state index in [2.05, 4.69) is 5.32 Å². The van der Waals surface area contributed by atoms with Gasteiger partial charge in [0.1, 0.15) is 0 Å². The average molecular weight is 352 g/mol. The van der Waals surface area contributed by atoms with Crippen LogP contribution in [0.5, 0.6) is 0 Å². The molecule has 0 atom stereocenters. The summed E-state index contributed by atoms with van der Waals surface area (Å²) in [6.45, 7) is -0.130. The van der Waals surface area contributed by atoms with E-state index in [4.69, 9.17) is 23.2 Å². The average Bonchev–Trinajstić information content (AvgIpc) is 2.47. The first kappa shape index (κ1) is 16.6. The topological polar surface area (TPSA) is 29.1 Å². The van der Waals surface area contributed by atoms with Crippen LogP contribution in [0.4, 0.5) is 17.6 Å². The Balaban J connectivity index is 2.20. The number of amides is 1. The summed E-state index contributed by atoms with van der Waals surface area (Å²) in [7, 11) is 0. The van der Waals surface area contributed by atoms with Crippen molar-refractivity contribution in [2.45, 2.75) is 6.54 Å². The van der Waals surface area contributed by atoms with Gasteiger partial charge < -0.3 is 5.32 Å². The molecule has 22 heavy (non-hydrogen) atoms. The largest absolute Gasteiger partial charge is 0.348 e. The van der Waals surface area contributed by atoms with Gasteiger partial charge in [-0.2, -0.15) is 0 Å². The number of hydrogen-bond donors (Lipinski definition) is 1. The number of carbonyl (C=O) groups is 1. The van der Waals surface area contributed by atoms with Gasteiger partial charge in [0, 0.05) is 16.6 Å². The predicted molar refractivity (Wildman–Crippen MR) is 73.9 cm³/mol. The van der Waals surface area contributed by atoms with Crippen LogP contribution in [0.1, 0.15) is 15.9 Å². The maximum Gasteiger partial charge on any atom is 0.254 e. The molecule has 116 valence electrons. The van der Waals surface area contributed by atoms with E-state index in [1.165, 1.54) is 18.2 Å². The van der Waals surface area contributed by atoms with Crippen LogP contribution < -0.4 is 5.32 Å². The lowest BCUT2D eigenvalue weighted by Crippen LogP contribution is -2.25. The first-order valence-electron chi connectivity index (χ1n) is 5.86. The fourth-order valence-corrected chi connectivity index (χ4v) is 2.15. The summed E-state index contributed by atoms with van der Waals surface area (Å²) in [4.78, 5) is 11.8. The summed E-state index contributed by atoms with van der Waals surface area (Å²) in [5, 5.41) is 2.87. The molecule has 0 aromatic heterocycles. The number of benzene rings is 2. The number of carbonyl (C=O) groups excluding carboxylic acids is 1. The zero-order valence-corrected chi connectivity index (χ0v) is 12.2. The zero-order chi connectivity index (χ0) is 16.4. The van der Waals surface area contributed by atoms with E-state index in [-0.39, 0.29) is 17.6 Å². The van der Waals surface area contributed by atoms with Gasteiger partial charge in [0.2, 0.25) is 0 Å². The monoisotopic (exact) mass is 351 g/mol. The van der Waals surface area contributed by atoms with Crippen molar-refractivity contribution < 1.29 is 22.4 Å². The van der Waals surface area contributed by atoms with E-state index < -0.39 is 34.7 Å². The molecule has 0 aliphatic carbocycles. The Bertz CT molecular complexity index is 752. The minimum absolute atomic E-state index is 0.130. The molecule has 0 spiro atoms. The summed E-state index contributed by atoms with van der Waals surface area (Å²) in [6.07, 6.45) is 0. The lowest BCUT2D eigenvalue weighted by molar-refractivity contribution is 0.0945. The van der Waals surface area contributed by atoms with Crippen molar-refractivity contribution in [1.29, 1.82) is 0 Å². The lowest BCUT2D eigenvalue weighted by atomic mass is 10.1. The van der Waals surface area contributed by atoms with E-state index in [0.29, 0.717) is 10.6 Å². The normalized spacial score (nSPS) is 10.6. The quantitative estimate of drug-likeness (QED) is 0.493. The number of halogens is 6. The minimum Gasteiger partial charge on any atom is -0.348 e. The summed E-state index contributed by atoms with van der Waals surface area (Å²) in [6, 6.07) is 4.76. The van der Waals surface area contributed by atoms with Crippen LogP contribution in [0, 0.1) is 23.3 Å². The van der Waals surface area contributed by atoms with E-state index in [9.17, 15) is 22.4 Å². The molecule has 0 radical (unpaired) electrons. The minimum atomic E-state index is -2.05. The summed E-state index contributed by atoms with van der Waals surface area (Å²) >= 11 is 11.6. The first-order chi connectivity index (χ1) is 10.3. The van der Waals surface area contributed by atoms with Gasteiger partial charge in [0.25, 0.3) is 5.91 Å². The number of hydrogen-bond acceptors (Lipinski definition) is 1.